The van der Waals surface area contributed by atoms with Gasteiger partial charge in [0.25, 0.3) is 0 Å². The van der Waals surface area contributed by atoms with Crippen LogP contribution in [0.4, 0.5) is 5.69 Å². The van der Waals surface area contributed by atoms with Crippen molar-refractivity contribution in [2.45, 2.75) is 13.3 Å². The Morgan fingerprint density at radius 3 is 2.74 bits per heavy atom. The number of amides is 1. The molecule has 0 radical (unpaired) electrons. The highest BCUT2D eigenvalue weighted by Gasteiger charge is 2.08. The highest BCUT2D eigenvalue weighted by atomic mass is 79.9. The molecule has 0 fully saturated rings. The van der Waals surface area contributed by atoms with E-state index in [0.29, 0.717) is 11.4 Å². The summed E-state index contributed by atoms with van der Waals surface area (Å²) in [6, 6.07) is 13.1. The number of hydrogen-bond donors (Lipinski definition) is 1. The third kappa shape index (κ3) is 3.82. The number of halogens is 2. The molecule has 98 valence electrons. The lowest BCUT2D eigenvalue weighted by atomic mass is 10.1. The Hall–Kier alpha value is -1.32. The standard InChI is InChI=1S/C15H13BrClNO/c1-10-4-2-7-13(15(10)16)18-14(19)9-11-5-3-6-12(17)8-11/h2-8H,9H2,1H3,(H,18,19). The number of aryl methyl sites for hydroxylation is 1. The van der Waals surface area contributed by atoms with Gasteiger partial charge in [-0.25, -0.2) is 0 Å². The van der Waals surface area contributed by atoms with Crippen LogP contribution in [0.2, 0.25) is 5.02 Å². The minimum atomic E-state index is -0.0615. The molecular weight excluding hydrogens is 326 g/mol. The summed E-state index contributed by atoms with van der Waals surface area (Å²) >= 11 is 9.37. The van der Waals surface area contributed by atoms with E-state index in [1.165, 1.54) is 0 Å². The van der Waals surface area contributed by atoms with E-state index in [1.807, 2.05) is 37.3 Å². The summed E-state index contributed by atoms with van der Waals surface area (Å²) in [6.07, 6.45) is 0.306. The first kappa shape index (κ1) is 14.1. The first-order chi connectivity index (χ1) is 9.06. The van der Waals surface area contributed by atoms with Crippen molar-refractivity contribution in [2.75, 3.05) is 5.32 Å². The molecule has 0 aliphatic carbocycles. The molecule has 0 heterocycles. The molecular formula is C15H13BrClNO. The average Bonchev–Trinajstić information content (AvgIpc) is 2.35. The van der Waals surface area contributed by atoms with E-state index in [4.69, 9.17) is 11.6 Å². The summed E-state index contributed by atoms with van der Waals surface area (Å²) < 4.78 is 0.912. The van der Waals surface area contributed by atoms with Gasteiger partial charge in [0.05, 0.1) is 12.1 Å². The Balaban J connectivity index is 2.08. The molecule has 1 N–H and O–H groups in total. The van der Waals surface area contributed by atoms with Gasteiger partial charge in [0.1, 0.15) is 0 Å². The van der Waals surface area contributed by atoms with Gasteiger partial charge in [0.2, 0.25) is 5.91 Å². The predicted octanol–water partition coefficient (Wildman–Crippen LogP) is 4.59. The van der Waals surface area contributed by atoms with Crippen LogP contribution in [0.5, 0.6) is 0 Å². The van der Waals surface area contributed by atoms with E-state index in [2.05, 4.69) is 21.2 Å². The van der Waals surface area contributed by atoms with Crippen LogP contribution in [-0.2, 0) is 11.2 Å². The average molecular weight is 339 g/mol. The van der Waals surface area contributed by atoms with Crippen molar-refractivity contribution in [2.24, 2.45) is 0 Å². The molecule has 0 aliphatic heterocycles. The number of carbonyl (C=O) groups excluding carboxylic acids is 1. The molecule has 0 saturated carbocycles. The zero-order valence-electron chi connectivity index (χ0n) is 10.4. The van der Waals surface area contributed by atoms with Gasteiger partial charge in [-0.05, 0) is 52.2 Å². The van der Waals surface area contributed by atoms with Crippen molar-refractivity contribution in [1.29, 1.82) is 0 Å². The maximum Gasteiger partial charge on any atom is 0.228 e. The molecule has 0 atom stereocenters. The second-order valence-corrected chi connectivity index (χ2v) is 5.52. The van der Waals surface area contributed by atoms with Crippen LogP contribution < -0.4 is 5.32 Å². The molecule has 19 heavy (non-hydrogen) atoms. The highest BCUT2D eigenvalue weighted by molar-refractivity contribution is 9.10. The Bertz CT molecular complexity index is 613. The van der Waals surface area contributed by atoms with Crippen LogP contribution in [0, 0.1) is 6.92 Å². The summed E-state index contributed by atoms with van der Waals surface area (Å²) in [5, 5.41) is 3.53. The van der Waals surface area contributed by atoms with Gasteiger partial charge in [-0.2, -0.15) is 0 Å². The lowest BCUT2D eigenvalue weighted by Gasteiger charge is -2.09. The lowest BCUT2D eigenvalue weighted by molar-refractivity contribution is -0.115. The Kier molecular flexibility index (Phi) is 4.61. The second-order valence-electron chi connectivity index (χ2n) is 4.29. The van der Waals surface area contributed by atoms with Crippen LogP contribution in [0.1, 0.15) is 11.1 Å². The number of anilines is 1. The zero-order chi connectivity index (χ0) is 13.8. The molecule has 1 amide bonds. The summed E-state index contributed by atoms with van der Waals surface area (Å²) in [7, 11) is 0. The van der Waals surface area contributed by atoms with Crippen molar-refractivity contribution in [1.82, 2.24) is 0 Å². The number of benzene rings is 2. The van der Waals surface area contributed by atoms with Crippen LogP contribution in [0.25, 0.3) is 0 Å². The van der Waals surface area contributed by atoms with Crippen LogP contribution in [-0.4, -0.2) is 5.91 Å². The molecule has 0 bridgehead atoms. The normalized spacial score (nSPS) is 10.3. The molecule has 0 spiro atoms. The quantitative estimate of drug-likeness (QED) is 0.871. The summed E-state index contributed by atoms with van der Waals surface area (Å²) in [4.78, 5) is 12.0. The summed E-state index contributed by atoms with van der Waals surface area (Å²) in [5.74, 6) is -0.0615. The van der Waals surface area contributed by atoms with Gasteiger partial charge >= 0.3 is 0 Å². The van der Waals surface area contributed by atoms with Gasteiger partial charge in [0.15, 0.2) is 0 Å². The fourth-order valence-corrected chi connectivity index (χ4v) is 2.35. The van der Waals surface area contributed by atoms with Crippen molar-refractivity contribution in [3.63, 3.8) is 0 Å². The van der Waals surface area contributed by atoms with E-state index >= 15 is 0 Å². The molecule has 2 aromatic rings. The first-order valence-corrected chi connectivity index (χ1v) is 7.03. The molecule has 4 heteroatoms. The van der Waals surface area contributed by atoms with E-state index in [1.54, 1.807) is 12.1 Å². The van der Waals surface area contributed by atoms with Gasteiger partial charge in [-0.1, -0.05) is 35.9 Å². The SMILES string of the molecule is Cc1cccc(NC(=O)Cc2cccc(Cl)c2)c1Br. The molecule has 2 aromatic carbocycles. The highest BCUT2D eigenvalue weighted by Crippen LogP contribution is 2.25. The Labute approximate surface area is 125 Å². The monoisotopic (exact) mass is 337 g/mol. The van der Waals surface area contributed by atoms with Crippen molar-refractivity contribution in [3.8, 4) is 0 Å². The number of nitrogens with one attached hydrogen (secondary N) is 1. The third-order valence-electron chi connectivity index (χ3n) is 2.72. The predicted molar refractivity (Wildman–Crippen MR) is 82.7 cm³/mol. The molecule has 0 aliphatic rings. The Morgan fingerprint density at radius 2 is 2.00 bits per heavy atom. The number of hydrogen-bond acceptors (Lipinski definition) is 1. The second kappa shape index (κ2) is 6.22. The molecule has 0 saturated heterocycles. The van der Waals surface area contributed by atoms with E-state index in [0.717, 1.165) is 21.3 Å². The fourth-order valence-electron chi connectivity index (χ4n) is 1.77. The molecule has 2 rings (SSSR count). The zero-order valence-corrected chi connectivity index (χ0v) is 12.8. The van der Waals surface area contributed by atoms with E-state index in [-0.39, 0.29) is 5.91 Å². The minimum Gasteiger partial charge on any atom is -0.325 e. The van der Waals surface area contributed by atoms with Gasteiger partial charge in [0, 0.05) is 9.50 Å². The Morgan fingerprint density at radius 1 is 1.26 bits per heavy atom. The molecule has 0 aromatic heterocycles. The van der Waals surface area contributed by atoms with Gasteiger partial charge in [-0.15, -0.1) is 0 Å². The molecule has 2 nitrogen and oxygen atoms in total. The van der Waals surface area contributed by atoms with Crippen LogP contribution >= 0.6 is 27.5 Å². The maximum absolute atomic E-state index is 12.0. The van der Waals surface area contributed by atoms with Crippen LogP contribution in [0.15, 0.2) is 46.9 Å². The largest absolute Gasteiger partial charge is 0.325 e. The fraction of sp³-hybridized carbons (Fsp3) is 0.133. The third-order valence-corrected chi connectivity index (χ3v) is 4.01. The van der Waals surface area contributed by atoms with Crippen LogP contribution in [0.3, 0.4) is 0 Å². The maximum atomic E-state index is 12.0. The van der Waals surface area contributed by atoms with Crippen molar-refractivity contribution >= 4 is 39.1 Å². The summed E-state index contributed by atoms with van der Waals surface area (Å²) in [5.41, 5.74) is 2.77. The topological polar surface area (TPSA) is 29.1 Å². The smallest absolute Gasteiger partial charge is 0.228 e. The van der Waals surface area contributed by atoms with E-state index in [9.17, 15) is 4.79 Å². The first-order valence-electron chi connectivity index (χ1n) is 5.85. The van der Waals surface area contributed by atoms with Gasteiger partial charge in [-0.3, -0.25) is 4.79 Å². The minimum absolute atomic E-state index is 0.0615. The molecule has 0 unspecified atom stereocenters. The van der Waals surface area contributed by atoms with E-state index < -0.39 is 0 Å². The lowest BCUT2D eigenvalue weighted by Crippen LogP contribution is -2.14. The number of carbonyl (C=O) groups is 1. The number of rotatable bonds is 3. The van der Waals surface area contributed by atoms with Gasteiger partial charge < -0.3 is 5.32 Å². The summed E-state index contributed by atoms with van der Waals surface area (Å²) in [6.45, 7) is 1.98. The van der Waals surface area contributed by atoms with Crippen molar-refractivity contribution in [3.05, 3.63) is 63.1 Å². The van der Waals surface area contributed by atoms with Crippen molar-refractivity contribution < 1.29 is 4.79 Å².